The molecule has 19 heavy (non-hydrogen) atoms. The van der Waals surface area contributed by atoms with Gasteiger partial charge in [0.2, 0.25) is 5.82 Å². The molecule has 0 aromatic carbocycles. The highest BCUT2D eigenvalue weighted by Crippen LogP contribution is 2.21. The maximum Gasteiger partial charge on any atom is 0.330 e. The number of aromatic nitrogens is 5. The van der Waals surface area contributed by atoms with Crippen molar-refractivity contribution >= 4 is 17.3 Å². The Morgan fingerprint density at radius 2 is 2.21 bits per heavy atom. The molecule has 8 heteroatoms. The van der Waals surface area contributed by atoms with Crippen LogP contribution in [0.3, 0.4) is 0 Å². The molecule has 2 aromatic heterocycles. The van der Waals surface area contributed by atoms with Crippen molar-refractivity contribution < 1.29 is 9.53 Å². The average molecular weight is 281 g/mol. The van der Waals surface area contributed by atoms with Crippen LogP contribution in [0, 0.1) is 6.92 Å². The van der Waals surface area contributed by atoms with Gasteiger partial charge in [-0.1, -0.05) is 0 Å². The van der Waals surface area contributed by atoms with E-state index in [9.17, 15) is 4.79 Å². The van der Waals surface area contributed by atoms with Crippen molar-refractivity contribution in [3.63, 3.8) is 0 Å². The van der Waals surface area contributed by atoms with E-state index in [4.69, 9.17) is 4.74 Å². The maximum atomic E-state index is 11.6. The molecule has 0 atom stereocenters. The lowest BCUT2D eigenvalue weighted by molar-refractivity contribution is -0.156. The van der Waals surface area contributed by atoms with E-state index in [0.717, 1.165) is 9.88 Å². The summed E-state index contributed by atoms with van der Waals surface area (Å²) >= 11 is 1.48. The van der Waals surface area contributed by atoms with Gasteiger partial charge in [-0.05, 0) is 32.9 Å². The second-order valence-electron chi connectivity index (χ2n) is 4.97. The third kappa shape index (κ3) is 3.82. The highest BCUT2D eigenvalue weighted by atomic mass is 32.1. The normalized spacial score (nSPS) is 11.6. The van der Waals surface area contributed by atoms with Crippen LogP contribution in [0.25, 0.3) is 10.7 Å². The van der Waals surface area contributed by atoms with Gasteiger partial charge in [0.25, 0.3) is 0 Å². The Balaban J connectivity index is 2.04. The van der Waals surface area contributed by atoms with E-state index < -0.39 is 11.6 Å². The SMILES string of the molecule is Cc1ncc(-c2nnn(CC(=O)OC(C)(C)C)n2)s1. The number of hydrogen-bond donors (Lipinski definition) is 0. The first-order chi connectivity index (χ1) is 8.83. The molecule has 0 spiro atoms. The third-order valence-corrected chi connectivity index (χ3v) is 2.89. The Kier molecular flexibility index (Phi) is 3.61. The molecule has 102 valence electrons. The maximum absolute atomic E-state index is 11.6. The smallest absolute Gasteiger partial charge is 0.330 e. The summed E-state index contributed by atoms with van der Waals surface area (Å²) < 4.78 is 5.18. The number of carbonyl (C=O) groups excluding carboxylic acids is 1. The molecule has 0 unspecified atom stereocenters. The number of ether oxygens (including phenoxy) is 1. The van der Waals surface area contributed by atoms with Crippen molar-refractivity contribution in [3.05, 3.63) is 11.2 Å². The number of hydrogen-bond acceptors (Lipinski definition) is 7. The van der Waals surface area contributed by atoms with E-state index in [0.29, 0.717) is 5.82 Å². The van der Waals surface area contributed by atoms with Gasteiger partial charge in [-0.15, -0.1) is 21.5 Å². The minimum Gasteiger partial charge on any atom is -0.459 e. The van der Waals surface area contributed by atoms with Crippen LogP contribution in [0.15, 0.2) is 6.20 Å². The van der Waals surface area contributed by atoms with E-state index in [1.54, 1.807) is 6.20 Å². The molecule has 0 aliphatic rings. The Bertz CT molecular complexity index is 584. The zero-order chi connectivity index (χ0) is 14.0. The lowest BCUT2D eigenvalue weighted by Gasteiger charge is -2.18. The van der Waals surface area contributed by atoms with Crippen molar-refractivity contribution in [1.82, 2.24) is 25.2 Å². The molecule has 0 radical (unpaired) electrons. The average Bonchev–Trinajstić information content (AvgIpc) is 2.83. The summed E-state index contributed by atoms with van der Waals surface area (Å²) in [5.74, 6) is 0.0751. The fraction of sp³-hybridized carbons (Fsp3) is 0.545. The number of thiazole rings is 1. The summed E-state index contributed by atoms with van der Waals surface area (Å²) in [7, 11) is 0. The van der Waals surface area contributed by atoms with Crippen LogP contribution in [-0.2, 0) is 16.1 Å². The molecule has 2 aromatic rings. The van der Waals surface area contributed by atoms with Crippen molar-refractivity contribution in [2.24, 2.45) is 0 Å². The van der Waals surface area contributed by atoms with Crippen LogP contribution in [0.4, 0.5) is 0 Å². The first-order valence-corrected chi connectivity index (χ1v) is 6.57. The molecule has 0 aliphatic carbocycles. The lowest BCUT2D eigenvalue weighted by atomic mass is 10.2. The summed E-state index contributed by atoms with van der Waals surface area (Å²) in [6.07, 6.45) is 1.69. The molecule has 2 rings (SSSR count). The first kappa shape index (κ1) is 13.6. The van der Waals surface area contributed by atoms with Crippen molar-refractivity contribution in [2.45, 2.75) is 39.8 Å². The zero-order valence-electron chi connectivity index (χ0n) is 11.2. The monoisotopic (exact) mass is 281 g/mol. The molecule has 2 heterocycles. The molecule has 0 amide bonds. The molecule has 0 aliphatic heterocycles. The number of nitrogens with zero attached hydrogens (tertiary/aromatic N) is 5. The fourth-order valence-corrected chi connectivity index (χ4v) is 2.06. The van der Waals surface area contributed by atoms with Crippen LogP contribution >= 0.6 is 11.3 Å². The Labute approximate surface area is 114 Å². The minimum atomic E-state index is -0.519. The lowest BCUT2D eigenvalue weighted by Crippen LogP contribution is -2.27. The summed E-state index contributed by atoms with van der Waals surface area (Å²) in [6.45, 7) is 7.28. The van der Waals surface area contributed by atoms with Crippen LogP contribution < -0.4 is 0 Å². The first-order valence-electron chi connectivity index (χ1n) is 5.76. The Morgan fingerprint density at radius 1 is 1.47 bits per heavy atom. The third-order valence-electron chi connectivity index (χ3n) is 1.99. The number of esters is 1. The van der Waals surface area contributed by atoms with Crippen molar-refractivity contribution in [2.75, 3.05) is 0 Å². The molecular weight excluding hydrogens is 266 g/mol. The van der Waals surface area contributed by atoms with Gasteiger partial charge in [0.1, 0.15) is 5.60 Å². The predicted octanol–water partition coefficient (Wildman–Crippen LogP) is 1.45. The van der Waals surface area contributed by atoms with Gasteiger partial charge >= 0.3 is 5.97 Å². The second-order valence-corrected chi connectivity index (χ2v) is 6.21. The molecule has 7 nitrogen and oxygen atoms in total. The van der Waals surface area contributed by atoms with Crippen molar-refractivity contribution in [1.29, 1.82) is 0 Å². The van der Waals surface area contributed by atoms with Gasteiger partial charge < -0.3 is 4.74 Å². The van der Waals surface area contributed by atoms with E-state index in [-0.39, 0.29) is 6.54 Å². The van der Waals surface area contributed by atoms with Crippen molar-refractivity contribution in [3.8, 4) is 10.7 Å². The minimum absolute atomic E-state index is 0.0535. The molecule has 0 bridgehead atoms. The van der Waals surface area contributed by atoms with E-state index in [1.165, 1.54) is 16.1 Å². The largest absolute Gasteiger partial charge is 0.459 e. The van der Waals surface area contributed by atoms with E-state index in [1.807, 2.05) is 27.7 Å². The van der Waals surface area contributed by atoms with Gasteiger partial charge in [-0.2, -0.15) is 4.80 Å². The summed E-state index contributed by atoms with van der Waals surface area (Å²) in [5.41, 5.74) is -0.519. The molecule has 0 saturated heterocycles. The van der Waals surface area contributed by atoms with Gasteiger partial charge in [0, 0.05) is 6.20 Å². The highest BCUT2D eigenvalue weighted by molar-refractivity contribution is 7.14. The van der Waals surface area contributed by atoms with Gasteiger partial charge in [0.05, 0.1) is 9.88 Å². The number of tetrazole rings is 1. The Morgan fingerprint density at radius 3 is 2.79 bits per heavy atom. The molecular formula is C11H15N5O2S. The second kappa shape index (κ2) is 5.04. The van der Waals surface area contributed by atoms with Gasteiger partial charge in [-0.25, -0.2) is 9.78 Å². The highest BCUT2D eigenvalue weighted by Gasteiger charge is 2.18. The number of aryl methyl sites for hydroxylation is 1. The van der Waals surface area contributed by atoms with E-state index >= 15 is 0 Å². The molecule has 0 N–H and O–H groups in total. The Hall–Kier alpha value is -1.83. The number of rotatable bonds is 3. The summed E-state index contributed by atoms with van der Waals surface area (Å²) in [4.78, 5) is 17.8. The topological polar surface area (TPSA) is 82.8 Å². The van der Waals surface area contributed by atoms with Gasteiger partial charge in [0.15, 0.2) is 6.54 Å². The summed E-state index contributed by atoms with van der Waals surface area (Å²) in [5, 5.41) is 12.8. The molecule has 0 fully saturated rings. The molecule has 0 saturated carbocycles. The zero-order valence-corrected chi connectivity index (χ0v) is 12.1. The van der Waals surface area contributed by atoms with Crippen LogP contribution in [-0.4, -0.2) is 36.8 Å². The summed E-state index contributed by atoms with van der Waals surface area (Å²) in [6, 6.07) is 0. The van der Waals surface area contributed by atoms with Crippen LogP contribution in [0.5, 0.6) is 0 Å². The fourth-order valence-electron chi connectivity index (χ4n) is 1.36. The predicted molar refractivity (Wildman–Crippen MR) is 69.5 cm³/mol. The number of carbonyl (C=O) groups is 1. The van der Waals surface area contributed by atoms with Gasteiger partial charge in [-0.3, -0.25) is 0 Å². The van der Waals surface area contributed by atoms with E-state index in [2.05, 4.69) is 20.4 Å². The van der Waals surface area contributed by atoms with Crippen LogP contribution in [0.2, 0.25) is 0 Å². The van der Waals surface area contributed by atoms with Crippen LogP contribution in [0.1, 0.15) is 25.8 Å². The standard InChI is InChI=1S/C11H15N5O2S/c1-7-12-5-8(19-7)10-13-15-16(14-10)6-9(17)18-11(2,3)4/h5H,6H2,1-4H3. The quantitative estimate of drug-likeness (QED) is 0.792.